The van der Waals surface area contributed by atoms with Gasteiger partial charge in [0.05, 0.1) is 0 Å². The van der Waals surface area contributed by atoms with Crippen LogP contribution >= 0.6 is 0 Å². The van der Waals surface area contributed by atoms with Gasteiger partial charge in [-0.15, -0.1) is 0 Å². The number of likely N-dealkylation sites (N-methyl/N-ethyl adjacent to an activating group) is 1. The molecule has 0 saturated carbocycles. The summed E-state index contributed by atoms with van der Waals surface area (Å²) in [4.78, 5) is 27.6. The van der Waals surface area contributed by atoms with E-state index in [1.54, 1.807) is 6.07 Å². The van der Waals surface area contributed by atoms with E-state index in [2.05, 4.69) is 24.3 Å². The number of rotatable bonds is 8. The first-order valence-electron chi connectivity index (χ1n) is 13.3. The number of amides is 1. The summed E-state index contributed by atoms with van der Waals surface area (Å²) in [6, 6.07) is 24.0. The Hall–Kier alpha value is -3.93. The van der Waals surface area contributed by atoms with Crippen molar-refractivity contribution in [2.45, 2.75) is 57.0 Å². The number of carbonyl (C=O) groups is 2. The van der Waals surface area contributed by atoms with E-state index in [9.17, 15) is 19.1 Å². The van der Waals surface area contributed by atoms with E-state index < -0.39 is 12.0 Å². The van der Waals surface area contributed by atoms with Crippen LogP contribution in [0, 0.1) is 5.82 Å². The molecule has 1 heterocycles. The summed E-state index contributed by atoms with van der Waals surface area (Å²) in [5.74, 6) is -1.23. The molecule has 1 aliphatic rings. The molecule has 0 radical (unpaired) electrons. The summed E-state index contributed by atoms with van der Waals surface area (Å²) in [5, 5.41) is 10.6. The van der Waals surface area contributed by atoms with Gasteiger partial charge in [-0.25, -0.2) is 9.18 Å². The summed E-state index contributed by atoms with van der Waals surface area (Å²) in [5.41, 5.74) is 4.85. The Morgan fingerprint density at radius 3 is 2.24 bits per heavy atom. The first-order chi connectivity index (χ1) is 18.4. The fourth-order valence-electron chi connectivity index (χ4n) is 6.02. The lowest BCUT2D eigenvalue weighted by Crippen LogP contribution is -2.41. The fourth-order valence-corrected chi connectivity index (χ4v) is 6.02. The van der Waals surface area contributed by atoms with Crippen LogP contribution in [0.15, 0.2) is 78.9 Å². The van der Waals surface area contributed by atoms with Gasteiger partial charge in [0.25, 0.3) is 0 Å². The lowest BCUT2D eigenvalue weighted by atomic mass is 9.87. The van der Waals surface area contributed by atoms with E-state index in [1.165, 1.54) is 12.1 Å². The Morgan fingerprint density at radius 1 is 1.03 bits per heavy atom. The van der Waals surface area contributed by atoms with E-state index in [-0.39, 0.29) is 23.7 Å². The standard InChI is InChI=1S/C32H33FN2O3/c1-3-28(32(37)38)35-29-16-14-23(33)18-26(29)27-19-24(15-17-30(27)35)34(2)31(36)20-25(21-10-6-4-7-11-21)22-12-8-5-9-13-22/h4-14,16,18,24-25,28H,3,15,17,19-20H2,1-2H3,(H,37,38). The van der Waals surface area contributed by atoms with Gasteiger partial charge in [0, 0.05) is 42.0 Å². The summed E-state index contributed by atoms with van der Waals surface area (Å²) in [6.45, 7) is 1.86. The van der Waals surface area contributed by atoms with Gasteiger partial charge >= 0.3 is 5.97 Å². The monoisotopic (exact) mass is 512 g/mol. The molecule has 2 unspecified atom stereocenters. The molecule has 0 saturated heterocycles. The maximum absolute atomic E-state index is 14.3. The van der Waals surface area contributed by atoms with Gasteiger partial charge in [0.15, 0.2) is 0 Å². The predicted molar refractivity (Wildman–Crippen MR) is 147 cm³/mol. The Kier molecular flexibility index (Phi) is 7.32. The van der Waals surface area contributed by atoms with Crippen LogP contribution in [0.5, 0.6) is 0 Å². The normalized spacial score (nSPS) is 15.8. The van der Waals surface area contributed by atoms with Crippen molar-refractivity contribution in [2.75, 3.05) is 7.05 Å². The van der Waals surface area contributed by atoms with Gasteiger partial charge in [0.2, 0.25) is 5.91 Å². The van der Waals surface area contributed by atoms with Crippen molar-refractivity contribution in [3.63, 3.8) is 0 Å². The molecule has 196 valence electrons. The molecule has 3 aromatic carbocycles. The lowest BCUT2D eigenvalue weighted by Gasteiger charge is -2.33. The average Bonchev–Trinajstić information content (AvgIpc) is 3.25. The molecule has 1 aromatic heterocycles. The van der Waals surface area contributed by atoms with Crippen molar-refractivity contribution in [3.8, 4) is 0 Å². The van der Waals surface area contributed by atoms with Crippen LogP contribution in [-0.4, -0.2) is 39.5 Å². The topological polar surface area (TPSA) is 62.5 Å². The molecule has 38 heavy (non-hydrogen) atoms. The minimum absolute atomic E-state index is 0.0468. The Morgan fingerprint density at radius 2 is 1.66 bits per heavy atom. The van der Waals surface area contributed by atoms with Crippen LogP contribution in [0.1, 0.15) is 60.5 Å². The molecule has 2 atom stereocenters. The summed E-state index contributed by atoms with van der Waals surface area (Å²) >= 11 is 0. The first-order valence-corrected chi connectivity index (χ1v) is 13.3. The molecule has 1 N–H and O–H groups in total. The van der Waals surface area contributed by atoms with E-state index in [0.29, 0.717) is 25.7 Å². The second-order valence-corrected chi connectivity index (χ2v) is 10.2. The van der Waals surface area contributed by atoms with Gasteiger partial charge in [-0.05, 0) is 60.6 Å². The minimum atomic E-state index is -0.890. The van der Waals surface area contributed by atoms with Crippen molar-refractivity contribution in [3.05, 3.63) is 107 Å². The zero-order valence-corrected chi connectivity index (χ0v) is 21.8. The second-order valence-electron chi connectivity index (χ2n) is 10.2. The van der Waals surface area contributed by atoms with Crippen LogP contribution in [0.3, 0.4) is 0 Å². The van der Waals surface area contributed by atoms with Crippen molar-refractivity contribution < 1.29 is 19.1 Å². The Bertz CT molecular complexity index is 1410. The van der Waals surface area contributed by atoms with Gasteiger partial charge < -0.3 is 14.6 Å². The number of hydrogen-bond acceptors (Lipinski definition) is 2. The van der Waals surface area contributed by atoms with Crippen molar-refractivity contribution in [1.29, 1.82) is 0 Å². The van der Waals surface area contributed by atoms with Crippen LogP contribution in [0.25, 0.3) is 10.9 Å². The molecule has 0 aliphatic heterocycles. The van der Waals surface area contributed by atoms with E-state index in [4.69, 9.17) is 0 Å². The first kappa shape index (κ1) is 25.7. The molecule has 0 spiro atoms. The quantitative estimate of drug-likeness (QED) is 0.299. The summed E-state index contributed by atoms with van der Waals surface area (Å²) < 4.78 is 16.2. The number of benzene rings is 3. The van der Waals surface area contributed by atoms with Gasteiger partial charge in [0.1, 0.15) is 11.9 Å². The molecule has 6 heteroatoms. The molecule has 0 bridgehead atoms. The maximum atomic E-state index is 14.3. The molecular formula is C32H33FN2O3. The zero-order valence-electron chi connectivity index (χ0n) is 21.8. The number of carboxylic acid groups (broad SMARTS) is 1. The fraction of sp³-hybridized carbons (Fsp3) is 0.312. The molecular weight excluding hydrogens is 479 g/mol. The van der Waals surface area contributed by atoms with Crippen LogP contribution in [0.2, 0.25) is 0 Å². The van der Waals surface area contributed by atoms with Crippen molar-refractivity contribution in [2.24, 2.45) is 0 Å². The van der Waals surface area contributed by atoms with E-state index >= 15 is 0 Å². The van der Waals surface area contributed by atoms with Crippen LogP contribution in [-0.2, 0) is 22.4 Å². The zero-order chi connectivity index (χ0) is 26.8. The van der Waals surface area contributed by atoms with E-state index in [1.807, 2.05) is 59.8 Å². The molecule has 4 aromatic rings. The highest BCUT2D eigenvalue weighted by Crippen LogP contribution is 2.37. The highest BCUT2D eigenvalue weighted by atomic mass is 19.1. The molecule has 0 fully saturated rings. The summed E-state index contributed by atoms with van der Waals surface area (Å²) in [7, 11) is 1.86. The SMILES string of the molecule is CCC(C(=O)O)n1c2c(c3cc(F)ccc31)CC(N(C)C(=O)CC(c1ccccc1)c1ccccc1)CC2. The number of halogens is 1. The largest absolute Gasteiger partial charge is 0.480 e. The number of fused-ring (bicyclic) bond motifs is 3. The van der Waals surface area contributed by atoms with Gasteiger partial charge in [-0.1, -0.05) is 67.6 Å². The Labute approximate surface area is 222 Å². The Balaban J connectivity index is 1.44. The maximum Gasteiger partial charge on any atom is 0.326 e. The second kappa shape index (κ2) is 10.8. The number of hydrogen-bond donors (Lipinski definition) is 1. The number of carboxylic acids is 1. The third-order valence-corrected chi connectivity index (χ3v) is 8.04. The van der Waals surface area contributed by atoms with Gasteiger partial charge in [-0.2, -0.15) is 0 Å². The average molecular weight is 513 g/mol. The lowest BCUT2D eigenvalue weighted by molar-refractivity contribution is -0.141. The highest BCUT2D eigenvalue weighted by Gasteiger charge is 2.33. The predicted octanol–water partition coefficient (Wildman–Crippen LogP) is 6.35. The highest BCUT2D eigenvalue weighted by molar-refractivity contribution is 5.88. The summed E-state index contributed by atoms with van der Waals surface area (Å²) in [6.07, 6.45) is 2.72. The molecule has 1 amide bonds. The number of nitrogens with zero attached hydrogens (tertiary/aromatic N) is 2. The molecule has 5 rings (SSSR count). The van der Waals surface area contributed by atoms with Crippen LogP contribution in [0.4, 0.5) is 4.39 Å². The van der Waals surface area contributed by atoms with Crippen molar-refractivity contribution in [1.82, 2.24) is 9.47 Å². The van der Waals surface area contributed by atoms with Crippen LogP contribution < -0.4 is 0 Å². The minimum Gasteiger partial charge on any atom is -0.480 e. The molecule has 1 aliphatic carbocycles. The van der Waals surface area contributed by atoms with Gasteiger partial charge in [-0.3, -0.25) is 4.79 Å². The smallest absolute Gasteiger partial charge is 0.326 e. The van der Waals surface area contributed by atoms with E-state index in [0.717, 1.165) is 39.7 Å². The number of carbonyl (C=O) groups excluding carboxylic acids is 1. The van der Waals surface area contributed by atoms with Crippen molar-refractivity contribution >= 4 is 22.8 Å². The third-order valence-electron chi connectivity index (χ3n) is 8.04. The number of aromatic nitrogens is 1. The number of aliphatic carboxylic acids is 1. The third kappa shape index (κ3) is 4.83. The molecule has 5 nitrogen and oxygen atoms in total.